The molecule has 0 spiro atoms. The third-order valence-electron chi connectivity index (χ3n) is 4.88. The largest absolute Gasteiger partial charge is 0.379 e. The number of hydrogen-bond donors (Lipinski definition) is 2. The van der Waals surface area contributed by atoms with Gasteiger partial charge in [-0.3, -0.25) is 9.47 Å². The number of morpholine rings is 1. The maximum Gasteiger partial charge on any atom is 0.224 e. The molecule has 1 fully saturated rings. The summed E-state index contributed by atoms with van der Waals surface area (Å²) in [5, 5.41) is 6.38. The van der Waals surface area contributed by atoms with E-state index in [1.165, 1.54) is 6.07 Å². The highest BCUT2D eigenvalue weighted by atomic mass is 19.1. The summed E-state index contributed by atoms with van der Waals surface area (Å²) in [5.41, 5.74) is 1.75. The summed E-state index contributed by atoms with van der Waals surface area (Å²) in [4.78, 5) is 16.0. The van der Waals surface area contributed by atoms with Crippen LogP contribution in [0.2, 0.25) is 0 Å². The van der Waals surface area contributed by atoms with Crippen molar-refractivity contribution in [1.29, 1.82) is 0 Å². The molecule has 9 heteroatoms. The van der Waals surface area contributed by atoms with Crippen LogP contribution >= 0.6 is 0 Å². The SMILES string of the molecule is CC(C)n1c(Nc2ccccc2F)nc2cnc(NCCN3CCOCC3)nc21. The molecular formula is C20H26FN7O. The van der Waals surface area contributed by atoms with Crippen LogP contribution in [0.3, 0.4) is 0 Å². The summed E-state index contributed by atoms with van der Waals surface area (Å²) in [5.74, 6) is 0.774. The Morgan fingerprint density at radius 3 is 2.72 bits per heavy atom. The molecule has 3 aromatic rings. The van der Waals surface area contributed by atoms with E-state index in [4.69, 9.17) is 4.74 Å². The lowest BCUT2D eigenvalue weighted by atomic mass is 10.3. The van der Waals surface area contributed by atoms with Crippen molar-refractivity contribution in [2.75, 3.05) is 50.0 Å². The average Bonchev–Trinajstić information content (AvgIpc) is 3.08. The van der Waals surface area contributed by atoms with Crippen molar-refractivity contribution < 1.29 is 9.13 Å². The van der Waals surface area contributed by atoms with Crippen molar-refractivity contribution in [1.82, 2.24) is 24.4 Å². The normalized spacial score (nSPS) is 15.2. The highest BCUT2D eigenvalue weighted by Crippen LogP contribution is 2.26. The standard InChI is InChI=1S/C20H26FN7O/c1-14(2)28-18-17(25-20(28)24-16-6-4-3-5-15(16)21)13-23-19(26-18)22-7-8-27-9-11-29-12-10-27/h3-6,13-14H,7-12H2,1-2H3,(H,24,25)(H,22,23,26). The number of fused-ring (bicyclic) bond motifs is 1. The molecule has 0 unspecified atom stereocenters. The predicted octanol–water partition coefficient (Wildman–Crippen LogP) is 3.03. The summed E-state index contributed by atoms with van der Waals surface area (Å²) >= 11 is 0. The molecule has 29 heavy (non-hydrogen) atoms. The number of nitrogens with one attached hydrogen (secondary N) is 2. The zero-order valence-corrected chi connectivity index (χ0v) is 16.7. The van der Waals surface area contributed by atoms with E-state index in [1.807, 2.05) is 18.4 Å². The van der Waals surface area contributed by atoms with Crippen LogP contribution in [0, 0.1) is 5.82 Å². The molecule has 0 bridgehead atoms. The van der Waals surface area contributed by atoms with Crippen LogP contribution in [0.4, 0.5) is 22.0 Å². The molecule has 1 saturated heterocycles. The number of ether oxygens (including phenoxy) is 1. The Hall–Kier alpha value is -2.78. The van der Waals surface area contributed by atoms with Crippen LogP contribution in [-0.2, 0) is 4.74 Å². The fourth-order valence-electron chi connectivity index (χ4n) is 3.39. The van der Waals surface area contributed by atoms with Crippen LogP contribution in [-0.4, -0.2) is 63.8 Å². The predicted molar refractivity (Wildman–Crippen MR) is 111 cm³/mol. The number of imidazole rings is 1. The molecule has 0 aliphatic carbocycles. The molecule has 0 atom stereocenters. The number of nitrogens with zero attached hydrogens (tertiary/aromatic N) is 5. The van der Waals surface area contributed by atoms with Gasteiger partial charge in [0.05, 0.1) is 25.1 Å². The molecular weight excluding hydrogens is 373 g/mol. The lowest BCUT2D eigenvalue weighted by molar-refractivity contribution is 0.0398. The van der Waals surface area contributed by atoms with E-state index in [9.17, 15) is 4.39 Å². The van der Waals surface area contributed by atoms with Gasteiger partial charge in [-0.15, -0.1) is 0 Å². The van der Waals surface area contributed by atoms with Crippen LogP contribution in [0.5, 0.6) is 0 Å². The van der Waals surface area contributed by atoms with Gasteiger partial charge in [-0.25, -0.2) is 14.4 Å². The van der Waals surface area contributed by atoms with E-state index in [0.29, 0.717) is 28.7 Å². The van der Waals surface area contributed by atoms with Gasteiger partial charge in [0.2, 0.25) is 11.9 Å². The number of aromatic nitrogens is 4. The number of para-hydroxylation sites is 1. The lowest BCUT2D eigenvalue weighted by Gasteiger charge is -2.26. The van der Waals surface area contributed by atoms with Crippen molar-refractivity contribution in [3.63, 3.8) is 0 Å². The maximum absolute atomic E-state index is 14.1. The van der Waals surface area contributed by atoms with Gasteiger partial charge in [0.1, 0.15) is 11.3 Å². The minimum absolute atomic E-state index is 0.0883. The van der Waals surface area contributed by atoms with Crippen molar-refractivity contribution in [2.45, 2.75) is 19.9 Å². The van der Waals surface area contributed by atoms with E-state index in [0.717, 1.165) is 39.4 Å². The van der Waals surface area contributed by atoms with E-state index in [1.54, 1.807) is 24.4 Å². The Kier molecular flexibility index (Phi) is 5.86. The smallest absolute Gasteiger partial charge is 0.224 e. The second-order valence-corrected chi connectivity index (χ2v) is 7.29. The first kappa shape index (κ1) is 19.5. The summed E-state index contributed by atoms with van der Waals surface area (Å²) in [6.45, 7) is 9.22. The Labute approximate surface area is 169 Å². The van der Waals surface area contributed by atoms with Crippen LogP contribution in [0.25, 0.3) is 11.2 Å². The number of benzene rings is 1. The first-order chi connectivity index (χ1) is 14.1. The summed E-state index contributed by atoms with van der Waals surface area (Å²) < 4.78 is 21.4. The minimum Gasteiger partial charge on any atom is -0.379 e. The Morgan fingerprint density at radius 1 is 1.17 bits per heavy atom. The van der Waals surface area contributed by atoms with E-state index in [2.05, 4.69) is 30.5 Å². The topological polar surface area (TPSA) is 80.1 Å². The first-order valence-electron chi connectivity index (χ1n) is 9.92. The highest BCUT2D eigenvalue weighted by molar-refractivity contribution is 5.76. The maximum atomic E-state index is 14.1. The Morgan fingerprint density at radius 2 is 1.97 bits per heavy atom. The van der Waals surface area contributed by atoms with Gasteiger partial charge < -0.3 is 15.4 Å². The van der Waals surface area contributed by atoms with Gasteiger partial charge in [-0.05, 0) is 26.0 Å². The second kappa shape index (κ2) is 8.71. The summed E-state index contributed by atoms with van der Waals surface area (Å²) in [7, 11) is 0. The van der Waals surface area contributed by atoms with Gasteiger partial charge >= 0.3 is 0 Å². The number of rotatable bonds is 7. The number of hydrogen-bond acceptors (Lipinski definition) is 7. The van der Waals surface area contributed by atoms with Crippen LogP contribution in [0.15, 0.2) is 30.5 Å². The van der Waals surface area contributed by atoms with Gasteiger partial charge in [0, 0.05) is 32.2 Å². The molecule has 8 nitrogen and oxygen atoms in total. The fourth-order valence-corrected chi connectivity index (χ4v) is 3.39. The monoisotopic (exact) mass is 399 g/mol. The second-order valence-electron chi connectivity index (χ2n) is 7.29. The van der Waals surface area contributed by atoms with Gasteiger partial charge in [-0.2, -0.15) is 4.98 Å². The first-order valence-corrected chi connectivity index (χ1v) is 9.92. The molecule has 1 aliphatic heterocycles. The van der Waals surface area contributed by atoms with Gasteiger partial charge in [0.15, 0.2) is 5.65 Å². The average molecular weight is 399 g/mol. The Bertz CT molecular complexity index is 969. The van der Waals surface area contributed by atoms with E-state index >= 15 is 0 Å². The van der Waals surface area contributed by atoms with Gasteiger partial charge in [0.25, 0.3) is 0 Å². The fraction of sp³-hybridized carbons (Fsp3) is 0.450. The zero-order valence-electron chi connectivity index (χ0n) is 16.7. The van der Waals surface area contributed by atoms with Crippen LogP contribution < -0.4 is 10.6 Å². The molecule has 4 rings (SSSR count). The van der Waals surface area contributed by atoms with Crippen molar-refractivity contribution in [3.8, 4) is 0 Å². The molecule has 0 radical (unpaired) electrons. The van der Waals surface area contributed by atoms with E-state index < -0.39 is 0 Å². The molecule has 154 valence electrons. The molecule has 0 saturated carbocycles. The highest BCUT2D eigenvalue weighted by Gasteiger charge is 2.17. The minimum atomic E-state index is -0.327. The molecule has 1 aliphatic rings. The lowest BCUT2D eigenvalue weighted by Crippen LogP contribution is -2.39. The third-order valence-corrected chi connectivity index (χ3v) is 4.88. The van der Waals surface area contributed by atoms with Crippen molar-refractivity contribution in [3.05, 3.63) is 36.3 Å². The van der Waals surface area contributed by atoms with Gasteiger partial charge in [-0.1, -0.05) is 12.1 Å². The summed E-state index contributed by atoms with van der Waals surface area (Å²) in [6, 6.07) is 6.63. The number of halogens is 1. The molecule has 0 amide bonds. The van der Waals surface area contributed by atoms with E-state index in [-0.39, 0.29) is 11.9 Å². The molecule has 2 N–H and O–H groups in total. The molecule has 3 heterocycles. The molecule has 2 aromatic heterocycles. The van der Waals surface area contributed by atoms with Crippen molar-refractivity contribution >= 4 is 28.7 Å². The molecule has 1 aromatic carbocycles. The number of anilines is 3. The Balaban J connectivity index is 1.53. The zero-order chi connectivity index (χ0) is 20.2. The summed E-state index contributed by atoms with van der Waals surface area (Å²) in [6.07, 6.45) is 1.70. The third kappa shape index (κ3) is 4.46. The van der Waals surface area contributed by atoms with Crippen LogP contribution in [0.1, 0.15) is 19.9 Å². The quantitative estimate of drug-likeness (QED) is 0.632. The van der Waals surface area contributed by atoms with Crippen molar-refractivity contribution in [2.24, 2.45) is 0 Å².